The van der Waals surface area contributed by atoms with Crippen LogP contribution in [0.25, 0.3) is 11.1 Å². The van der Waals surface area contributed by atoms with Crippen LogP contribution < -0.4 is 11.1 Å². The van der Waals surface area contributed by atoms with Crippen LogP contribution in [0, 0.1) is 0 Å². The van der Waals surface area contributed by atoms with Gasteiger partial charge in [0, 0.05) is 23.0 Å². The molecule has 2 unspecified atom stereocenters. The maximum atomic E-state index is 12.3. The minimum Gasteiger partial charge on any atom is -0.478 e. The predicted molar refractivity (Wildman–Crippen MR) is 131 cm³/mol. The van der Waals surface area contributed by atoms with Crippen LogP contribution in [0.5, 0.6) is 0 Å². The third kappa shape index (κ3) is 5.09. The van der Waals surface area contributed by atoms with Crippen molar-refractivity contribution in [3.05, 3.63) is 87.9 Å². The summed E-state index contributed by atoms with van der Waals surface area (Å²) in [6, 6.07) is 18.5. The smallest absolute Gasteiger partial charge is 0.407 e. The number of nitrogens with two attached hydrogens (primary N) is 1. The molecule has 1 aliphatic rings. The van der Waals surface area contributed by atoms with Crippen LogP contribution in [0.2, 0.25) is 5.02 Å². The Bertz CT molecular complexity index is 1220. The Kier molecular flexibility index (Phi) is 7.25. The molecule has 3 aromatic carbocycles. The first-order valence-corrected chi connectivity index (χ1v) is 11.4. The first-order chi connectivity index (χ1) is 16.8. The summed E-state index contributed by atoms with van der Waals surface area (Å²) in [5.41, 5.74) is 9.83. The van der Waals surface area contributed by atoms with Crippen molar-refractivity contribution < 1.29 is 29.6 Å². The summed E-state index contributed by atoms with van der Waals surface area (Å²) in [5, 5.41) is 32.7. The van der Waals surface area contributed by atoms with Gasteiger partial charge in [-0.2, -0.15) is 0 Å². The Morgan fingerprint density at radius 3 is 2.23 bits per heavy atom. The van der Waals surface area contributed by atoms with Gasteiger partial charge < -0.3 is 31.1 Å². The van der Waals surface area contributed by atoms with Crippen LogP contribution in [0.1, 0.15) is 45.5 Å². The SMILES string of the molecule is Nc1c(C(=O)O)cc(Cl)cc1C(O)C(O)CCNC(=O)OCC1c2ccccc2-c2ccccc21. The second-order valence-electron chi connectivity index (χ2n) is 8.31. The largest absolute Gasteiger partial charge is 0.478 e. The number of amides is 1. The van der Waals surface area contributed by atoms with Gasteiger partial charge in [-0.3, -0.25) is 0 Å². The Balaban J connectivity index is 1.31. The second kappa shape index (κ2) is 10.4. The highest BCUT2D eigenvalue weighted by molar-refractivity contribution is 6.31. The molecule has 8 nitrogen and oxygen atoms in total. The molecule has 2 atom stereocenters. The number of aromatic carboxylic acids is 1. The topological polar surface area (TPSA) is 142 Å². The van der Waals surface area contributed by atoms with Crippen molar-refractivity contribution in [2.45, 2.75) is 24.5 Å². The Morgan fingerprint density at radius 1 is 1.03 bits per heavy atom. The van der Waals surface area contributed by atoms with Gasteiger partial charge in [0.05, 0.1) is 17.4 Å². The van der Waals surface area contributed by atoms with E-state index in [2.05, 4.69) is 5.32 Å². The van der Waals surface area contributed by atoms with Gasteiger partial charge in [-0.05, 0) is 40.8 Å². The summed E-state index contributed by atoms with van der Waals surface area (Å²) in [7, 11) is 0. The predicted octanol–water partition coefficient (Wildman–Crippen LogP) is 3.94. The summed E-state index contributed by atoms with van der Waals surface area (Å²) in [6.45, 7) is 0.170. The van der Waals surface area contributed by atoms with Crippen molar-refractivity contribution in [2.75, 3.05) is 18.9 Å². The zero-order valence-electron chi connectivity index (χ0n) is 18.6. The van der Waals surface area contributed by atoms with Crippen LogP contribution in [0.4, 0.5) is 10.5 Å². The molecule has 0 spiro atoms. The number of ether oxygens (including phenoxy) is 1. The molecule has 0 aromatic heterocycles. The van der Waals surface area contributed by atoms with Gasteiger partial charge in [0.15, 0.2) is 0 Å². The summed E-state index contributed by atoms with van der Waals surface area (Å²) >= 11 is 5.93. The van der Waals surface area contributed by atoms with Crippen molar-refractivity contribution in [3.63, 3.8) is 0 Å². The van der Waals surface area contributed by atoms with Crippen LogP contribution in [0.15, 0.2) is 60.7 Å². The lowest BCUT2D eigenvalue weighted by molar-refractivity contribution is 0.0140. The van der Waals surface area contributed by atoms with Gasteiger partial charge in [0.1, 0.15) is 12.7 Å². The summed E-state index contributed by atoms with van der Waals surface area (Å²) < 4.78 is 5.45. The van der Waals surface area contributed by atoms with Crippen LogP contribution in [-0.4, -0.2) is 46.6 Å². The van der Waals surface area contributed by atoms with E-state index in [-0.39, 0.29) is 47.3 Å². The van der Waals surface area contributed by atoms with E-state index >= 15 is 0 Å². The molecule has 6 N–H and O–H groups in total. The molecular weight excluding hydrogens is 472 g/mol. The first-order valence-electron chi connectivity index (χ1n) is 11.0. The molecule has 0 heterocycles. The number of carbonyl (C=O) groups excluding carboxylic acids is 1. The van der Waals surface area contributed by atoms with E-state index in [1.54, 1.807) is 0 Å². The number of aliphatic hydroxyl groups is 2. The molecule has 1 aliphatic carbocycles. The van der Waals surface area contributed by atoms with E-state index in [1.165, 1.54) is 12.1 Å². The van der Waals surface area contributed by atoms with E-state index in [4.69, 9.17) is 22.1 Å². The number of hydrogen-bond acceptors (Lipinski definition) is 6. The number of fused-ring (bicyclic) bond motifs is 3. The number of rotatable bonds is 8. The molecule has 0 bridgehead atoms. The van der Waals surface area contributed by atoms with Gasteiger partial charge >= 0.3 is 12.1 Å². The van der Waals surface area contributed by atoms with Gasteiger partial charge in [0.2, 0.25) is 0 Å². The maximum absolute atomic E-state index is 12.3. The number of benzene rings is 3. The van der Waals surface area contributed by atoms with Crippen LogP contribution >= 0.6 is 11.6 Å². The molecule has 182 valence electrons. The average Bonchev–Trinajstić information content (AvgIpc) is 3.17. The number of alkyl carbamates (subject to hydrolysis) is 1. The van der Waals surface area contributed by atoms with E-state index < -0.39 is 24.3 Å². The minimum absolute atomic E-state index is 0.00328. The van der Waals surface area contributed by atoms with Crippen LogP contribution in [-0.2, 0) is 4.74 Å². The van der Waals surface area contributed by atoms with Crippen molar-refractivity contribution in [1.82, 2.24) is 5.32 Å². The van der Waals surface area contributed by atoms with Crippen LogP contribution in [0.3, 0.4) is 0 Å². The molecule has 4 rings (SSSR count). The van der Waals surface area contributed by atoms with Crippen molar-refractivity contribution in [2.24, 2.45) is 0 Å². The van der Waals surface area contributed by atoms with E-state index in [0.29, 0.717) is 0 Å². The molecule has 0 saturated carbocycles. The van der Waals surface area contributed by atoms with Crippen molar-refractivity contribution in [3.8, 4) is 11.1 Å². The van der Waals surface area contributed by atoms with Gasteiger partial charge in [-0.1, -0.05) is 60.1 Å². The van der Waals surface area contributed by atoms with Crippen molar-refractivity contribution >= 4 is 29.4 Å². The third-order valence-corrected chi connectivity index (χ3v) is 6.36. The number of carboxylic acids is 1. The maximum Gasteiger partial charge on any atom is 0.407 e. The van der Waals surface area contributed by atoms with E-state index in [9.17, 15) is 24.9 Å². The fourth-order valence-electron chi connectivity index (χ4n) is 4.40. The third-order valence-electron chi connectivity index (χ3n) is 6.14. The lowest BCUT2D eigenvalue weighted by atomic mass is 9.97. The highest BCUT2D eigenvalue weighted by atomic mass is 35.5. The quantitative estimate of drug-likeness (QED) is 0.297. The lowest BCUT2D eigenvalue weighted by Gasteiger charge is -2.21. The van der Waals surface area contributed by atoms with Gasteiger partial charge in [-0.25, -0.2) is 9.59 Å². The van der Waals surface area contributed by atoms with Gasteiger partial charge in [0.25, 0.3) is 0 Å². The number of carbonyl (C=O) groups is 2. The zero-order valence-corrected chi connectivity index (χ0v) is 19.4. The fourth-order valence-corrected chi connectivity index (χ4v) is 4.62. The Labute approximate surface area is 206 Å². The summed E-state index contributed by atoms with van der Waals surface area (Å²) in [6.07, 6.45) is -3.49. The number of carboxylic acid groups (broad SMARTS) is 1. The highest BCUT2D eigenvalue weighted by Gasteiger charge is 2.29. The average molecular weight is 497 g/mol. The number of hydrogen-bond donors (Lipinski definition) is 5. The van der Waals surface area contributed by atoms with E-state index in [1.807, 2.05) is 48.5 Å². The molecule has 0 saturated heterocycles. The molecule has 3 aromatic rings. The van der Waals surface area contributed by atoms with Crippen molar-refractivity contribution in [1.29, 1.82) is 0 Å². The number of nitrogen functional groups attached to an aromatic ring is 1. The number of halogens is 1. The molecular formula is C26H25ClN2O6. The summed E-state index contributed by atoms with van der Waals surface area (Å²) in [4.78, 5) is 23.6. The Hall–Kier alpha value is -3.59. The molecule has 35 heavy (non-hydrogen) atoms. The lowest BCUT2D eigenvalue weighted by Crippen LogP contribution is -2.31. The number of aliphatic hydroxyl groups excluding tert-OH is 2. The number of nitrogens with one attached hydrogen (secondary N) is 1. The van der Waals surface area contributed by atoms with Gasteiger partial charge in [-0.15, -0.1) is 0 Å². The standard InChI is InChI=1S/C26H25ClN2O6/c27-14-11-19(23(28)20(12-14)25(32)33)24(31)22(30)9-10-29-26(34)35-13-21-17-7-3-1-5-15(17)16-6-2-4-8-18(16)21/h1-8,11-12,21-22,24,30-31H,9-10,13,28H2,(H,29,34)(H,32,33). The molecule has 0 aliphatic heterocycles. The summed E-state index contributed by atoms with van der Waals surface area (Å²) in [5.74, 6) is -1.38. The molecule has 9 heteroatoms. The normalized spacial score (nSPS) is 14.0. The molecule has 1 amide bonds. The second-order valence-corrected chi connectivity index (χ2v) is 8.75. The van der Waals surface area contributed by atoms with E-state index in [0.717, 1.165) is 22.3 Å². The molecule has 0 fully saturated rings. The minimum atomic E-state index is -1.49. The Morgan fingerprint density at radius 2 is 1.63 bits per heavy atom. The number of anilines is 1. The highest BCUT2D eigenvalue weighted by Crippen LogP contribution is 2.44. The zero-order chi connectivity index (χ0) is 25.1. The monoisotopic (exact) mass is 496 g/mol. The first kappa shape index (κ1) is 24.5. The molecule has 0 radical (unpaired) electrons. The fraction of sp³-hybridized carbons (Fsp3) is 0.231.